The van der Waals surface area contributed by atoms with Gasteiger partial charge in [-0.1, -0.05) is 31.9 Å². The lowest BCUT2D eigenvalue weighted by Gasteiger charge is -2.11. The van der Waals surface area contributed by atoms with Gasteiger partial charge in [0.05, 0.1) is 19.6 Å². The number of pyridine rings is 2. The summed E-state index contributed by atoms with van der Waals surface area (Å²) in [6.45, 7) is 0. The summed E-state index contributed by atoms with van der Waals surface area (Å²) in [5, 5.41) is 4.49. The van der Waals surface area contributed by atoms with E-state index >= 15 is 0 Å². The number of hydrogen-bond acceptors (Lipinski definition) is 10. The summed E-state index contributed by atoms with van der Waals surface area (Å²) < 4.78 is 12.4. The number of aromatic amines is 1. The fourth-order valence-electron chi connectivity index (χ4n) is 4.11. The molecule has 11 nitrogen and oxygen atoms in total. The molecule has 13 heteroatoms. The third-order valence-corrected chi connectivity index (χ3v) is 6.92. The summed E-state index contributed by atoms with van der Waals surface area (Å²) in [6, 6.07) is 14.8. The minimum absolute atomic E-state index is 0.214. The molecule has 0 fully saturated rings. The van der Waals surface area contributed by atoms with Crippen LogP contribution in [0, 0.1) is 0 Å². The van der Waals surface area contributed by atoms with E-state index in [1.54, 1.807) is 57.2 Å². The van der Waals surface area contributed by atoms with Crippen LogP contribution in [-0.4, -0.2) is 58.2 Å². The van der Waals surface area contributed by atoms with Crippen LogP contribution in [0.1, 0.15) is 0 Å². The van der Waals surface area contributed by atoms with E-state index in [1.807, 2.05) is 37.4 Å². The second-order valence-corrected chi connectivity index (χ2v) is 10.4. The van der Waals surface area contributed by atoms with Crippen molar-refractivity contribution in [3.8, 4) is 34.3 Å². The van der Waals surface area contributed by atoms with Crippen molar-refractivity contribution in [2.75, 3.05) is 33.6 Å². The van der Waals surface area contributed by atoms with Gasteiger partial charge in [0, 0.05) is 57.3 Å². The molecular formula is C30H28Br2N8O3. The van der Waals surface area contributed by atoms with E-state index in [-0.39, 0.29) is 5.56 Å². The molecule has 0 aliphatic carbocycles. The van der Waals surface area contributed by atoms with Gasteiger partial charge in [-0.25, -0.2) is 15.0 Å². The van der Waals surface area contributed by atoms with Crippen molar-refractivity contribution < 1.29 is 9.47 Å². The van der Waals surface area contributed by atoms with Crippen LogP contribution in [0.15, 0.2) is 87.1 Å². The second-order valence-electron chi connectivity index (χ2n) is 8.55. The molecule has 0 radical (unpaired) electrons. The number of benzene rings is 2. The fraction of sp³-hybridized carbons (Fsp3) is 0.133. The Morgan fingerprint density at radius 3 is 1.88 bits per heavy atom. The average molecular weight is 708 g/mol. The zero-order valence-electron chi connectivity index (χ0n) is 23.7. The molecule has 43 heavy (non-hydrogen) atoms. The van der Waals surface area contributed by atoms with Crippen LogP contribution in [0.25, 0.3) is 44.6 Å². The van der Waals surface area contributed by atoms with Crippen LogP contribution in [-0.2, 0) is 0 Å². The first-order valence-electron chi connectivity index (χ1n) is 12.8. The molecule has 220 valence electrons. The predicted molar refractivity (Wildman–Crippen MR) is 177 cm³/mol. The summed E-state index contributed by atoms with van der Waals surface area (Å²) >= 11 is 6.83. The number of nitrogens with one attached hydrogen (secondary N) is 2. The number of aromatic nitrogens is 6. The minimum Gasteiger partial charge on any atom is -0.494 e. The number of halogens is 2. The maximum Gasteiger partial charge on any atom is 0.259 e. The zero-order valence-corrected chi connectivity index (χ0v) is 26.9. The lowest BCUT2D eigenvalue weighted by Crippen LogP contribution is -2.10. The Morgan fingerprint density at radius 2 is 1.35 bits per heavy atom. The van der Waals surface area contributed by atoms with Crippen molar-refractivity contribution >= 4 is 59.5 Å². The first kappa shape index (κ1) is 31.5. The Labute approximate surface area is 264 Å². The second kappa shape index (κ2) is 14.6. The summed E-state index contributed by atoms with van der Waals surface area (Å²) in [5.41, 5.74) is 7.18. The van der Waals surface area contributed by atoms with Crippen LogP contribution < -0.4 is 26.1 Å². The first-order chi connectivity index (χ1) is 20.9. The Hall–Kier alpha value is -4.46. The van der Waals surface area contributed by atoms with Gasteiger partial charge in [0.1, 0.15) is 34.2 Å². The topological polar surface area (TPSA) is 154 Å². The average Bonchev–Trinajstić information content (AvgIpc) is 3.05. The Kier molecular flexibility index (Phi) is 10.7. The third kappa shape index (κ3) is 7.13. The SMILES string of the molecule is CN.CNc1nc(-c2cccnc2)nc2c(OC)cc(Br)cc12.COc1cc(Br)cc2c(=O)[nH]c(-c3cccnc3)nc12. The van der Waals surface area contributed by atoms with Gasteiger partial charge in [0.2, 0.25) is 0 Å². The molecule has 2 aromatic carbocycles. The molecule has 0 aliphatic rings. The number of ether oxygens (including phenoxy) is 2. The Bertz CT molecular complexity index is 1910. The lowest BCUT2D eigenvalue weighted by atomic mass is 10.2. The summed E-state index contributed by atoms with van der Waals surface area (Å²) in [4.78, 5) is 36.8. The highest BCUT2D eigenvalue weighted by atomic mass is 79.9. The lowest BCUT2D eigenvalue weighted by molar-refractivity contribution is 0.418. The largest absolute Gasteiger partial charge is 0.494 e. The molecule has 0 atom stereocenters. The quantitative estimate of drug-likeness (QED) is 0.199. The van der Waals surface area contributed by atoms with E-state index in [0.717, 1.165) is 36.8 Å². The normalized spacial score (nSPS) is 10.3. The van der Waals surface area contributed by atoms with Gasteiger partial charge in [-0.2, -0.15) is 0 Å². The highest BCUT2D eigenvalue weighted by molar-refractivity contribution is 9.10. The van der Waals surface area contributed by atoms with Crippen molar-refractivity contribution in [1.29, 1.82) is 0 Å². The van der Waals surface area contributed by atoms with Crippen LogP contribution in [0.3, 0.4) is 0 Å². The first-order valence-corrected chi connectivity index (χ1v) is 14.4. The van der Waals surface area contributed by atoms with Crippen molar-refractivity contribution in [2.45, 2.75) is 0 Å². The van der Waals surface area contributed by atoms with E-state index in [9.17, 15) is 4.79 Å². The molecule has 4 heterocycles. The van der Waals surface area contributed by atoms with Crippen LogP contribution >= 0.6 is 31.9 Å². The molecule has 0 amide bonds. The molecule has 0 bridgehead atoms. The van der Waals surface area contributed by atoms with E-state index < -0.39 is 0 Å². The van der Waals surface area contributed by atoms with E-state index in [2.05, 4.69) is 72.8 Å². The Morgan fingerprint density at radius 1 is 0.791 bits per heavy atom. The van der Waals surface area contributed by atoms with E-state index in [4.69, 9.17) is 9.47 Å². The number of H-pyrrole nitrogens is 1. The van der Waals surface area contributed by atoms with Gasteiger partial charge in [0.15, 0.2) is 5.82 Å². The van der Waals surface area contributed by atoms with Crippen LogP contribution in [0.5, 0.6) is 11.5 Å². The van der Waals surface area contributed by atoms with Gasteiger partial charge < -0.3 is 25.5 Å². The van der Waals surface area contributed by atoms with Gasteiger partial charge in [-0.05, 0) is 55.6 Å². The molecule has 0 unspecified atom stereocenters. The van der Waals surface area contributed by atoms with Gasteiger partial charge in [-0.3, -0.25) is 14.8 Å². The number of fused-ring (bicyclic) bond motifs is 2. The molecule has 0 saturated carbocycles. The third-order valence-electron chi connectivity index (χ3n) is 6.00. The summed E-state index contributed by atoms with van der Waals surface area (Å²) in [6.07, 6.45) is 6.78. The monoisotopic (exact) mass is 706 g/mol. The molecule has 0 spiro atoms. The predicted octanol–water partition coefficient (Wildman–Crippen LogP) is 5.84. The van der Waals surface area contributed by atoms with Crippen molar-refractivity contribution in [1.82, 2.24) is 29.9 Å². The van der Waals surface area contributed by atoms with Gasteiger partial charge in [0.25, 0.3) is 5.56 Å². The zero-order chi connectivity index (χ0) is 30.9. The molecule has 6 aromatic rings. The highest BCUT2D eigenvalue weighted by Crippen LogP contribution is 2.34. The molecule has 0 aliphatic heterocycles. The molecule has 6 rings (SSSR count). The molecule has 4 aromatic heterocycles. The van der Waals surface area contributed by atoms with Crippen molar-refractivity contribution in [2.24, 2.45) is 5.73 Å². The number of hydrogen-bond donors (Lipinski definition) is 3. The van der Waals surface area contributed by atoms with E-state index in [0.29, 0.717) is 34.1 Å². The smallest absolute Gasteiger partial charge is 0.259 e. The van der Waals surface area contributed by atoms with E-state index in [1.165, 1.54) is 7.05 Å². The molecule has 4 N–H and O–H groups in total. The number of nitrogens with zero attached hydrogens (tertiary/aromatic N) is 5. The maximum absolute atomic E-state index is 12.2. The summed E-state index contributed by atoms with van der Waals surface area (Å²) in [7, 11) is 6.52. The number of nitrogens with two attached hydrogens (primary N) is 1. The van der Waals surface area contributed by atoms with Crippen LogP contribution in [0.4, 0.5) is 5.82 Å². The Balaban J connectivity index is 0.000000186. The van der Waals surface area contributed by atoms with Crippen molar-refractivity contribution in [3.05, 3.63) is 92.6 Å². The van der Waals surface area contributed by atoms with Crippen LogP contribution in [0.2, 0.25) is 0 Å². The van der Waals surface area contributed by atoms with Gasteiger partial charge >= 0.3 is 0 Å². The number of methoxy groups -OCH3 is 2. The minimum atomic E-state index is -0.214. The standard InChI is InChI=1S/C15H13BrN4O.C14H10BrN3O2.CH5N/c1-17-15-11-6-10(16)7-12(21-2)13(11)19-14(20-15)9-4-3-5-18-8-9;1-20-11-6-9(15)5-10-12(11)17-13(18-14(10)19)8-3-2-4-16-7-8;1-2/h3-8H,1-2H3,(H,17,19,20);2-7H,1H3,(H,17,18,19);2H2,1H3. The number of anilines is 1. The summed E-state index contributed by atoms with van der Waals surface area (Å²) in [5.74, 6) is 3.07. The molecular weight excluding hydrogens is 680 g/mol. The fourth-order valence-corrected chi connectivity index (χ4v) is 4.98. The van der Waals surface area contributed by atoms with Gasteiger partial charge in [-0.15, -0.1) is 0 Å². The maximum atomic E-state index is 12.2. The van der Waals surface area contributed by atoms with Crippen molar-refractivity contribution in [3.63, 3.8) is 0 Å². The highest BCUT2D eigenvalue weighted by Gasteiger charge is 2.14. The number of rotatable bonds is 5. The molecule has 0 saturated heterocycles.